The van der Waals surface area contributed by atoms with E-state index in [0.717, 1.165) is 15.4 Å². The first-order chi connectivity index (χ1) is 11.2. The Morgan fingerprint density at radius 1 is 0.739 bits per heavy atom. The summed E-state index contributed by atoms with van der Waals surface area (Å²) in [5.74, 6) is 0.423. The van der Waals surface area contributed by atoms with E-state index in [1.165, 1.54) is 0 Å². The number of benzene rings is 3. The molecular formula is C20H16NOS+. The van der Waals surface area contributed by atoms with Crippen LogP contribution in [0.2, 0.25) is 0 Å². The molecule has 0 N–H and O–H groups in total. The maximum absolute atomic E-state index is 13.8. The molecule has 3 aromatic rings. The molecule has 3 aromatic carbocycles. The smallest absolute Gasteiger partial charge is 0.163 e. The molecule has 0 heterocycles. The Bertz CT molecular complexity index is 822. The fourth-order valence-electron chi connectivity index (χ4n) is 2.49. The molecule has 0 spiro atoms. The largest absolute Gasteiger partial charge is 0.192 e. The summed E-state index contributed by atoms with van der Waals surface area (Å²) in [6.07, 6.45) is 0. The van der Waals surface area contributed by atoms with Crippen molar-refractivity contribution >= 4 is 9.93 Å². The molecule has 0 saturated heterocycles. The van der Waals surface area contributed by atoms with Crippen molar-refractivity contribution in [2.45, 2.75) is 15.5 Å². The third kappa shape index (κ3) is 3.23. The first-order valence-corrected chi connectivity index (χ1v) is 9.06. The van der Waals surface area contributed by atoms with Gasteiger partial charge in [0, 0.05) is 5.56 Å². The summed E-state index contributed by atoms with van der Waals surface area (Å²) in [5.41, 5.74) is 1.57. The predicted octanol–water partition coefficient (Wildman–Crippen LogP) is 4.68. The van der Waals surface area contributed by atoms with Gasteiger partial charge in [0.25, 0.3) is 0 Å². The normalized spacial score (nSPS) is 10.9. The van der Waals surface area contributed by atoms with E-state index in [1.807, 2.05) is 72.8 Å². The maximum atomic E-state index is 13.8. The van der Waals surface area contributed by atoms with E-state index >= 15 is 0 Å². The third-order valence-corrected chi connectivity index (χ3v) is 6.51. The van der Waals surface area contributed by atoms with Crippen LogP contribution >= 0.6 is 0 Å². The monoisotopic (exact) mass is 318 g/mol. The molecule has 0 aliphatic heterocycles. The van der Waals surface area contributed by atoms with E-state index in [9.17, 15) is 4.21 Å². The number of hydrogen-bond acceptors (Lipinski definition) is 2. The van der Waals surface area contributed by atoms with E-state index < -0.39 is 9.93 Å². The van der Waals surface area contributed by atoms with Gasteiger partial charge in [-0.05, 0) is 36.4 Å². The minimum Gasteiger partial charge on any atom is -0.192 e. The summed E-state index contributed by atoms with van der Waals surface area (Å²) >= 11 is 0. The fraction of sp³-hybridized carbons (Fsp3) is 0.0500. The number of rotatable bonds is 4. The fourth-order valence-corrected chi connectivity index (χ4v) is 4.95. The lowest BCUT2D eigenvalue weighted by atomic mass is 10.2. The molecule has 2 nitrogen and oxygen atoms in total. The van der Waals surface area contributed by atoms with Crippen LogP contribution in [0.4, 0.5) is 0 Å². The molecule has 0 amide bonds. The second kappa shape index (κ2) is 6.60. The highest BCUT2D eigenvalue weighted by Crippen LogP contribution is 2.32. The van der Waals surface area contributed by atoms with Crippen LogP contribution in [0, 0.1) is 11.3 Å². The van der Waals surface area contributed by atoms with E-state index in [4.69, 9.17) is 5.26 Å². The summed E-state index contributed by atoms with van der Waals surface area (Å²) in [6, 6.07) is 28.6. The van der Waals surface area contributed by atoms with Gasteiger partial charge in [-0.3, -0.25) is 0 Å². The van der Waals surface area contributed by atoms with Crippen molar-refractivity contribution in [2.24, 2.45) is 0 Å². The van der Waals surface area contributed by atoms with Gasteiger partial charge in [0.15, 0.2) is 19.7 Å². The van der Waals surface area contributed by atoms with Crippen LogP contribution in [-0.4, -0.2) is 0 Å². The zero-order chi connectivity index (χ0) is 16.1. The van der Waals surface area contributed by atoms with Gasteiger partial charge < -0.3 is 0 Å². The highest BCUT2D eigenvalue weighted by Gasteiger charge is 2.34. The van der Waals surface area contributed by atoms with Crippen molar-refractivity contribution in [1.29, 1.82) is 5.26 Å². The number of nitrogens with zero attached hydrogens (tertiary/aromatic N) is 1. The molecule has 23 heavy (non-hydrogen) atoms. The molecule has 3 heteroatoms. The molecule has 0 atom stereocenters. The standard InChI is InChI=1S/C20H16NOS/c21-15-17-11-13-18(14-12-17)16-23(22,19-7-3-1-4-8-19)20-9-5-2-6-10-20/h1-14H,16H2/q+1. The van der Waals surface area contributed by atoms with Gasteiger partial charge in [-0.25, -0.2) is 0 Å². The topological polar surface area (TPSA) is 40.9 Å². The Morgan fingerprint density at radius 2 is 1.22 bits per heavy atom. The first kappa shape index (κ1) is 15.2. The van der Waals surface area contributed by atoms with Gasteiger partial charge >= 0.3 is 0 Å². The van der Waals surface area contributed by atoms with E-state index in [2.05, 4.69) is 6.07 Å². The molecule has 0 unspecified atom stereocenters. The van der Waals surface area contributed by atoms with Gasteiger partial charge in [-0.15, -0.1) is 0 Å². The van der Waals surface area contributed by atoms with Crippen LogP contribution in [0.5, 0.6) is 0 Å². The average Bonchev–Trinajstić information content (AvgIpc) is 2.64. The Morgan fingerprint density at radius 3 is 1.65 bits per heavy atom. The van der Waals surface area contributed by atoms with Gasteiger partial charge in [0.05, 0.1) is 11.6 Å². The van der Waals surface area contributed by atoms with Crippen molar-refractivity contribution in [3.05, 3.63) is 96.1 Å². The summed E-state index contributed by atoms with van der Waals surface area (Å²) < 4.78 is 13.8. The second-order valence-corrected chi connectivity index (χ2v) is 7.84. The lowest BCUT2D eigenvalue weighted by Gasteiger charge is -2.12. The van der Waals surface area contributed by atoms with Crippen molar-refractivity contribution in [2.75, 3.05) is 0 Å². The summed E-state index contributed by atoms with van der Waals surface area (Å²) in [7, 11) is -2.40. The minimum atomic E-state index is -2.40. The average molecular weight is 318 g/mol. The van der Waals surface area contributed by atoms with Crippen LogP contribution in [0.15, 0.2) is 94.7 Å². The van der Waals surface area contributed by atoms with Gasteiger partial charge in [0.1, 0.15) is 5.75 Å². The molecule has 0 bridgehead atoms. The Labute approximate surface area is 137 Å². The zero-order valence-corrected chi connectivity index (χ0v) is 13.4. The highest BCUT2D eigenvalue weighted by atomic mass is 32.2. The van der Waals surface area contributed by atoms with E-state index in [0.29, 0.717) is 11.3 Å². The quantitative estimate of drug-likeness (QED) is 0.656. The summed E-state index contributed by atoms with van der Waals surface area (Å²) in [5, 5.41) is 8.91. The maximum Gasteiger partial charge on any atom is 0.163 e. The molecule has 3 rings (SSSR count). The van der Waals surface area contributed by atoms with Crippen LogP contribution in [0.3, 0.4) is 0 Å². The van der Waals surface area contributed by atoms with Gasteiger partial charge in [-0.1, -0.05) is 52.7 Å². The van der Waals surface area contributed by atoms with Crippen molar-refractivity contribution in [3.63, 3.8) is 0 Å². The van der Waals surface area contributed by atoms with Crippen LogP contribution in [0.1, 0.15) is 11.1 Å². The van der Waals surface area contributed by atoms with E-state index in [-0.39, 0.29) is 0 Å². The van der Waals surface area contributed by atoms with Gasteiger partial charge in [-0.2, -0.15) is 5.26 Å². The molecule has 0 saturated carbocycles. The first-order valence-electron chi connectivity index (χ1n) is 7.33. The van der Waals surface area contributed by atoms with Crippen molar-refractivity contribution < 1.29 is 4.21 Å². The Balaban J connectivity index is 2.06. The van der Waals surface area contributed by atoms with Crippen molar-refractivity contribution in [3.8, 4) is 6.07 Å². The lowest BCUT2D eigenvalue weighted by Crippen LogP contribution is -2.15. The molecule has 0 aliphatic rings. The van der Waals surface area contributed by atoms with Crippen LogP contribution < -0.4 is 0 Å². The second-order valence-electron chi connectivity index (χ2n) is 5.25. The Hall–Kier alpha value is -2.70. The van der Waals surface area contributed by atoms with Crippen LogP contribution in [-0.2, 0) is 19.9 Å². The SMILES string of the molecule is N#Cc1ccc(C[S+](=O)(c2ccccc2)c2ccccc2)cc1. The molecule has 0 fully saturated rings. The lowest BCUT2D eigenvalue weighted by molar-refractivity contribution is 0.583. The third-order valence-electron chi connectivity index (χ3n) is 3.70. The van der Waals surface area contributed by atoms with E-state index in [1.54, 1.807) is 12.1 Å². The van der Waals surface area contributed by atoms with Crippen LogP contribution in [0.25, 0.3) is 0 Å². The number of nitriles is 1. The number of hydrogen-bond donors (Lipinski definition) is 0. The Kier molecular flexibility index (Phi) is 4.36. The summed E-state index contributed by atoms with van der Waals surface area (Å²) in [6.45, 7) is 0. The molecule has 0 radical (unpaired) electrons. The zero-order valence-electron chi connectivity index (χ0n) is 12.6. The molecule has 112 valence electrons. The predicted molar refractivity (Wildman–Crippen MR) is 92.3 cm³/mol. The summed E-state index contributed by atoms with van der Waals surface area (Å²) in [4.78, 5) is 1.66. The minimum absolute atomic E-state index is 0.423. The van der Waals surface area contributed by atoms with Gasteiger partial charge in [0.2, 0.25) is 0 Å². The van der Waals surface area contributed by atoms with Crippen molar-refractivity contribution in [1.82, 2.24) is 0 Å². The molecular weight excluding hydrogens is 302 g/mol. The highest BCUT2D eigenvalue weighted by molar-refractivity contribution is 8.02. The molecule has 0 aliphatic carbocycles. The molecule has 0 aromatic heterocycles.